The lowest BCUT2D eigenvalue weighted by molar-refractivity contribution is -0.154. The van der Waals surface area contributed by atoms with Crippen molar-refractivity contribution in [1.29, 1.82) is 0 Å². The van der Waals surface area contributed by atoms with Gasteiger partial charge in [-0.25, -0.2) is 4.79 Å². The van der Waals surface area contributed by atoms with Crippen molar-refractivity contribution in [2.45, 2.75) is 52.9 Å². The highest BCUT2D eigenvalue weighted by Crippen LogP contribution is 2.75. The zero-order chi connectivity index (χ0) is 13.6. The fourth-order valence-electron chi connectivity index (χ4n) is 3.34. The Kier molecular flexibility index (Phi) is 3.03. The maximum Gasteiger partial charge on any atom is 0.511 e. The highest BCUT2D eigenvalue weighted by molar-refractivity contribution is 5.60. The van der Waals surface area contributed by atoms with Crippen LogP contribution in [0.2, 0.25) is 0 Å². The van der Waals surface area contributed by atoms with Crippen molar-refractivity contribution < 1.29 is 23.8 Å². The largest absolute Gasteiger partial charge is 0.511 e. The molecule has 0 aliphatic heterocycles. The Morgan fingerprint density at radius 1 is 1.39 bits per heavy atom. The van der Waals surface area contributed by atoms with Crippen molar-refractivity contribution in [2.75, 3.05) is 0 Å². The van der Waals surface area contributed by atoms with E-state index >= 15 is 0 Å². The number of rotatable bonds is 4. The van der Waals surface area contributed by atoms with Gasteiger partial charge in [0.05, 0.1) is 0 Å². The summed E-state index contributed by atoms with van der Waals surface area (Å²) in [6.07, 6.45) is 0.171. The predicted octanol–water partition coefficient (Wildman–Crippen LogP) is 2.48. The molecule has 5 atom stereocenters. The number of fused-ring (bicyclic) bond motifs is 1. The number of hydrogen-bond donors (Lipinski definition) is 0. The van der Waals surface area contributed by atoms with Crippen molar-refractivity contribution in [3.63, 3.8) is 0 Å². The van der Waals surface area contributed by atoms with E-state index < -0.39 is 12.4 Å². The van der Waals surface area contributed by atoms with Crippen LogP contribution in [0.1, 0.15) is 40.5 Å². The fourth-order valence-corrected chi connectivity index (χ4v) is 3.34. The van der Waals surface area contributed by atoms with Crippen LogP contribution >= 0.6 is 0 Å². The molecule has 0 spiro atoms. The molecule has 0 bridgehead atoms. The van der Waals surface area contributed by atoms with Crippen LogP contribution in [0.15, 0.2) is 0 Å². The van der Waals surface area contributed by atoms with Gasteiger partial charge in [0.25, 0.3) is 6.47 Å². The van der Waals surface area contributed by atoms with Crippen molar-refractivity contribution in [3.05, 3.63) is 0 Å². The van der Waals surface area contributed by atoms with Crippen molar-refractivity contribution in [2.24, 2.45) is 16.7 Å². The summed E-state index contributed by atoms with van der Waals surface area (Å²) in [5.74, 6) is 0.545. The van der Waals surface area contributed by atoms with Gasteiger partial charge in [0, 0.05) is 12.3 Å². The molecule has 18 heavy (non-hydrogen) atoms. The molecule has 0 heterocycles. The minimum absolute atomic E-state index is 0.0696. The first-order valence-corrected chi connectivity index (χ1v) is 6.30. The maximum absolute atomic E-state index is 11.6. The van der Waals surface area contributed by atoms with Gasteiger partial charge >= 0.3 is 6.16 Å². The van der Waals surface area contributed by atoms with Crippen molar-refractivity contribution in [1.82, 2.24) is 0 Å². The molecule has 2 rings (SSSR count). The fraction of sp³-hybridized carbons (Fsp3) is 0.846. The van der Waals surface area contributed by atoms with Crippen LogP contribution in [0, 0.1) is 16.7 Å². The van der Waals surface area contributed by atoms with Gasteiger partial charge < -0.3 is 14.2 Å². The minimum Gasteiger partial charge on any atom is -0.430 e. The molecule has 0 N–H and O–H groups in total. The Bertz CT molecular complexity index is 368. The molecule has 0 radical (unpaired) electrons. The van der Waals surface area contributed by atoms with E-state index in [0.29, 0.717) is 5.92 Å². The quantitative estimate of drug-likeness (QED) is 0.439. The average molecular weight is 256 g/mol. The minimum atomic E-state index is -0.910. The third-order valence-corrected chi connectivity index (χ3v) is 5.03. The summed E-state index contributed by atoms with van der Waals surface area (Å²) in [6, 6.07) is 0. The molecule has 0 aromatic carbocycles. The van der Waals surface area contributed by atoms with Gasteiger partial charge in [0.1, 0.15) is 6.10 Å². The topological polar surface area (TPSA) is 61.8 Å². The molecule has 2 aliphatic rings. The van der Waals surface area contributed by atoms with Gasteiger partial charge in [0.2, 0.25) is 6.29 Å². The van der Waals surface area contributed by atoms with Crippen LogP contribution in [0.4, 0.5) is 4.79 Å². The van der Waals surface area contributed by atoms with Crippen molar-refractivity contribution >= 4 is 12.6 Å². The van der Waals surface area contributed by atoms with E-state index in [4.69, 9.17) is 9.47 Å². The summed E-state index contributed by atoms with van der Waals surface area (Å²) in [5.41, 5.74) is 0.350. The molecule has 2 aliphatic carbocycles. The lowest BCUT2D eigenvalue weighted by Gasteiger charge is -2.20. The highest BCUT2D eigenvalue weighted by Gasteiger charge is 2.72. The number of carbonyl (C=O) groups excluding carboxylic acids is 2. The maximum atomic E-state index is 11.6. The second-order valence-electron chi connectivity index (χ2n) is 5.92. The van der Waals surface area contributed by atoms with Crippen LogP contribution in [0.3, 0.4) is 0 Å². The van der Waals surface area contributed by atoms with Crippen LogP contribution in [0.5, 0.6) is 0 Å². The number of carbonyl (C=O) groups is 2. The molecule has 0 amide bonds. The Morgan fingerprint density at radius 3 is 2.50 bits per heavy atom. The summed E-state index contributed by atoms with van der Waals surface area (Å²) in [5, 5.41) is 0. The molecule has 102 valence electrons. The lowest BCUT2D eigenvalue weighted by Crippen LogP contribution is -2.27. The molecule has 0 aromatic heterocycles. The zero-order valence-electron chi connectivity index (χ0n) is 11.3. The number of ether oxygens (including phenoxy) is 3. The second kappa shape index (κ2) is 4.14. The molecule has 0 aromatic rings. The van der Waals surface area contributed by atoms with E-state index in [-0.39, 0.29) is 23.4 Å². The summed E-state index contributed by atoms with van der Waals surface area (Å²) in [7, 11) is 0. The summed E-state index contributed by atoms with van der Waals surface area (Å²) < 4.78 is 14.7. The lowest BCUT2D eigenvalue weighted by atomic mass is 9.92. The van der Waals surface area contributed by atoms with Crippen LogP contribution in [-0.2, 0) is 19.0 Å². The smallest absolute Gasteiger partial charge is 0.430 e. The molecule has 5 nitrogen and oxygen atoms in total. The Morgan fingerprint density at radius 2 is 2.06 bits per heavy atom. The van der Waals surface area contributed by atoms with Crippen LogP contribution in [-0.4, -0.2) is 25.0 Å². The molecule has 5 heteroatoms. The summed E-state index contributed by atoms with van der Waals surface area (Å²) in [6.45, 7) is 8.30. The number of hydrogen-bond acceptors (Lipinski definition) is 5. The second-order valence-corrected chi connectivity index (χ2v) is 5.92. The average Bonchev–Trinajstić information content (AvgIpc) is 2.77. The highest BCUT2D eigenvalue weighted by atomic mass is 16.8. The van der Waals surface area contributed by atoms with Gasteiger partial charge in [-0.2, -0.15) is 0 Å². The van der Waals surface area contributed by atoms with Gasteiger partial charge in [-0.15, -0.1) is 0 Å². The molecule has 2 saturated carbocycles. The monoisotopic (exact) mass is 256 g/mol. The van der Waals surface area contributed by atoms with Crippen LogP contribution in [0.25, 0.3) is 0 Å². The standard InChI is InChI=1S/C13H20O5/c1-8-5-10(13(4)6-12(8,13)3)18-11(15)17-9(2)16-7-14/h7-10H,5-6H2,1-4H3/t8-,9?,10+,12?,13+/m1/s1. The normalized spacial score (nSPS) is 42.7. The molecule has 2 unspecified atom stereocenters. The van der Waals surface area contributed by atoms with E-state index in [2.05, 4.69) is 25.5 Å². The van der Waals surface area contributed by atoms with E-state index in [1.54, 1.807) is 0 Å². The van der Waals surface area contributed by atoms with Crippen molar-refractivity contribution in [3.8, 4) is 0 Å². The van der Waals surface area contributed by atoms with Gasteiger partial charge in [-0.1, -0.05) is 20.8 Å². The predicted molar refractivity (Wildman–Crippen MR) is 62.6 cm³/mol. The third kappa shape index (κ3) is 1.85. The van der Waals surface area contributed by atoms with E-state index in [9.17, 15) is 9.59 Å². The first-order valence-electron chi connectivity index (χ1n) is 6.30. The molecule has 2 fully saturated rings. The third-order valence-electron chi connectivity index (χ3n) is 5.03. The van der Waals surface area contributed by atoms with E-state index in [0.717, 1.165) is 12.8 Å². The molecular weight excluding hydrogens is 236 g/mol. The van der Waals surface area contributed by atoms with Gasteiger partial charge in [-0.05, 0) is 24.2 Å². The SMILES string of the molecule is CC(OC=O)OC(=O)O[C@H]1C[C@@H](C)C2(C)C[C@@]12C. The Balaban J connectivity index is 1.88. The zero-order valence-corrected chi connectivity index (χ0v) is 11.3. The first kappa shape index (κ1) is 13.2. The van der Waals surface area contributed by atoms with Crippen LogP contribution < -0.4 is 0 Å². The molecular formula is C13H20O5. The Hall–Kier alpha value is -1.26. The van der Waals surface area contributed by atoms with Gasteiger partial charge in [0.15, 0.2) is 0 Å². The van der Waals surface area contributed by atoms with E-state index in [1.165, 1.54) is 6.92 Å². The van der Waals surface area contributed by atoms with Gasteiger partial charge in [-0.3, -0.25) is 4.79 Å². The summed E-state index contributed by atoms with van der Waals surface area (Å²) in [4.78, 5) is 21.6. The first-order chi connectivity index (χ1) is 8.33. The van der Waals surface area contributed by atoms with E-state index in [1.807, 2.05) is 0 Å². The Labute approximate surface area is 107 Å². The molecule has 0 saturated heterocycles. The summed E-state index contributed by atoms with van der Waals surface area (Å²) >= 11 is 0.